The Bertz CT molecular complexity index is 71.1. The highest BCUT2D eigenvalue weighted by Gasteiger charge is 2.18. The van der Waals surface area contributed by atoms with Crippen LogP contribution in [-0.2, 0) is 0 Å². The second-order valence-corrected chi connectivity index (χ2v) is 3.64. The molecule has 0 rings (SSSR count). The van der Waals surface area contributed by atoms with Crippen LogP contribution in [0.15, 0.2) is 0 Å². The Hall–Kier alpha value is -0.0400. The summed E-state index contributed by atoms with van der Waals surface area (Å²) in [5.74, 6) is 0.488. The molecule has 0 aromatic carbocycles. The van der Waals surface area contributed by atoms with E-state index in [-0.39, 0.29) is 0 Å². The molecule has 0 aromatic rings. The molecule has 0 spiro atoms. The normalized spacial score (nSPS) is 15.7. The van der Waals surface area contributed by atoms with Crippen molar-refractivity contribution in [1.82, 2.24) is 0 Å². The monoisotopic (exact) mass is 128 g/mol. The van der Waals surface area contributed by atoms with E-state index >= 15 is 0 Å². The van der Waals surface area contributed by atoms with Crippen molar-refractivity contribution in [2.75, 3.05) is 6.54 Å². The van der Waals surface area contributed by atoms with Crippen LogP contribution in [0.25, 0.3) is 0 Å². The molecule has 0 saturated heterocycles. The van der Waals surface area contributed by atoms with Gasteiger partial charge in [-0.05, 0) is 31.2 Å². The summed E-state index contributed by atoms with van der Waals surface area (Å²) in [6.07, 6.45) is 1.03. The van der Waals surface area contributed by atoms with Crippen molar-refractivity contribution in [3.63, 3.8) is 0 Å². The minimum atomic E-state index is 0.319. The van der Waals surface area contributed by atoms with Gasteiger partial charge in [-0.3, -0.25) is 0 Å². The molecule has 0 heterocycles. The lowest BCUT2D eigenvalue weighted by Gasteiger charge is -2.26. The highest BCUT2D eigenvalue weighted by Crippen LogP contribution is 2.26. The van der Waals surface area contributed by atoms with Gasteiger partial charge in [-0.25, -0.2) is 0 Å². The molecule has 0 amide bonds. The minimum Gasteiger partial charge on any atom is -0.330 e. The van der Waals surface area contributed by atoms with Crippen LogP contribution >= 0.6 is 0 Å². The fraction of sp³-hybridized carbons (Fsp3) is 0.875. The van der Waals surface area contributed by atoms with Gasteiger partial charge in [-0.15, -0.1) is 0 Å². The Morgan fingerprint density at radius 1 is 1.44 bits per heavy atom. The van der Waals surface area contributed by atoms with E-state index in [1.54, 1.807) is 0 Å². The summed E-state index contributed by atoms with van der Waals surface area (Å²) < 4.78 is 0. The van der Waals surface area contributed by atoms with Crippen LogP contribution in [0.2, 0.25) is 0 Å². The summed E-state index contributed by atoms with van der Waals surface area (Å²) >= 11 is 0. The third-order valence-electron chi connectivity index (χ3n) is 1.74. The van der Waals surface area contributed by atoms with Gasteiger partial charge < -0.3 is 5.73 Å². The van der Waals surface area contributed by atoms with Crippen molar-refractivity contribution in [3.8, 4) is 0 Å². The maximum absolute atomic E-state index is 5.39. The van der Waals surface area contributed by atoms with Crippen LogP contribution in [0.3, 0.4) is 0 Å². The Labute approximate surface area is 58.6 Å². The van der Waals surface area contributed by atoms with Gasteiger partial charge in [-0.1, -0.05) is 20.8 Å². The van der Waals surface area contributed by atoms with Gasteiger partial charge in [0, 0.05) is 0 Å². The molecule has 0 aliphatic heterocycles. The first-order chi connectivity index (χ1) is 3.98. The first kappa shape index (κ1) is 8.96. The maximum atomic E-state index is 5.39. The topological polar surface area (TPSA) is 26.0 Å². The van der Waals surface area contributed by atoms with Crippen molar-refractivity contribution in [1.29, 1.82) is 0 Å². The van der Waals surface area contributed by atoms with E-state index in [9.17, 15) is 0 Å². The lowest BCUT2D eigenvalue weighted by atomic mass is 9.80. The summed E-state index contributed by atoms with van der Waals surface area (Å²) in [7, 11) is 0. The largest absolute Gasteiger partial charge is 0.330 e. The highest BCUT2D eigenvalue weighted by atomic mass is 14.5. The molecule has 0 fully saturated rings. The van der Waals surface area contributed by atoms with Crippen LogP contribution in [-0.4, -0.2) is 6.54 Å². The van der Waals surface area contributed by atoms with Gasteiger partial charge in [0.15, 0.2) is 0 Å². The molecule has 1 unspecified atom stereocenters. The summed E-state index contributed by atoms with van der Waals surface area (Å²) in [4.78, 5) is 0. The van der Waals surface area contributed by atoms with Crippen molar-refractivity contribution >= 4 is 0 Å². The molecule has 0 aromatic heterocycles. The summed E-state index contributed by atoms with van der Waals surface area (Å²) in [6.45, 7) is 11.4. The zero-order chi connectivity index (χ0) is 7.49. The molecular weight excluding hydrogens is 110 g/mol. The molecule has 1 radical (unpaired) electrons. The molecule has 1 nitrogen and oxygen atoms in total. The molecule has 0 bridgehead atoms. The third-order valence-corrected chi connectivity index (χ3v) is 1.74. The van der Waals surface area contributed by atoms with Crippen molar-refractivity contribution in [2.24, 2.45) is 17.1 Å². The van der Waals surface area contributed by atoms with Crippen LogP contribution < -0.4 is 5.73 Å². The van der Waals surface area contributed by atoms with Gasteiger partial charge in [0.2, 0.25) is 0 Å². The molecule has 1 heteroatoms. The van der Waals surface area contributed by atoms with Gasteiger partial charge in [0.05, 0.1) is 0 Å². The Balaban J connectivity index is 3.59. The fourth-order valence-electron chi connectivity index (χ4n) is 0.634. The van der Waals surface area contributed by atoms with Gasteiger partial charge >= 0.3 is 0 Å². The summed E-state index contributed by atoms with van der Waals surface area (Å²) in [6, 6.07) is 0. The predicted octanol–water partition coefficient (Wildman–Crippen LogP) is 1.83. The maximum Gasteiger partial charge on any atom is -0.00744 e. The van der Waals surface area contributed by atoms with E-state index in [4.69, 9.17) is 5.73 Å². The summed E-state index contributed by atoms with van der Waals surface area (Å²) in [5.41, 5.74) is 5.70. The van der Waals surface area contributed by atoms with Gasteiger partial charge in [0.1, 0.15) is 0 Å². The quantitative estimate of drug-likeness (QED) is 0.603. The standard InChI is InChI=1S/C8H18N/c1-7(5-6-9)8(2,3)4/h7H,1,5-6,9H2,2-4H3. The molecule has 2 N–H and O–H groups in total. The summed E-state index contributed by atoms with van der Waals surface area (Å²) in [5, 5.41) is 0. The first-order valence-electron chi connectivity index (χ1n) is 3.51. The lowest BCUT2D eigenvalue weighted by Crippen LogP contribution is -2.20. The number of rotatable bonds is 2. The molecule has 0 saturated carbocycles. The Morgan fingerprint density at radius 3 is 2.00 bits per heavy atom. The minimum absolute atomic E-state index is 0.319. The number of hydrogen-bond acceptors (Lipinski definition) is 1. The van der Waals surface area contributed by atoms with Crippen LogP contribution in [0.5, 0.6) is 0 Å². The molecular formula is C8H18N. The number of hydrogen-bond donors (Lipinski definition) is 1. The zero-order valence-corrected chi connectivity index (χ0v) is 6.78. The fourth-order valence-corrected chi connectivity index (χ4v) is 0.634. The van der Waals surface area contributed by atoms with Crippen LogP contribution in [0.4, 0.5) is 0 Å². The predicted molar refractivity (Wildman–Crippen MR) is 42.0 cm³/mol. The smallest absolute Gasteiger partial charge is 0.00744 e. The van der Waals surface area contributed by atoms with E-state index in [1.807, 2.05) is 0 Å². The van der Waals surface area contributed by atoms with Crippen molar-refractivity contribution in [3.05, 3.63) is 6.92 Å². The molecule has 1 atom stereocenters. The first-order valence-corrected chi connectivity index (χ1v) is 3.51. The zero-order valence-electron chi connectivity index (χ0n) is 6.78. The van der Waals surface area contributed by atoms with Crippen LogP contribution in [0, 0.1) is 18.3 Å². The van der Waals surface area contributed by atoms with E-state index in [0.717, 1.165) is 13.0 Å². The van der Waals surface area contributed by atoms with Crippen LogP contribution in [0.1, 0.15) is 27.2 Å². The molecule has 9 heavy (non-hydrogen) atoms. The lowest BCUT2D eigenvalue weighted by molar-refractivity contribution is 0.278. The molecule has 0 aliphatic rings. The second kappa shape index (κ2) is 3.21. The van der Waals surface area contributed by atoms with E-state index in [2.05, 4.69) is 27.7 Å². The average Bonchev–Trinajstić information content (AvgIpc) is 1.64. The van der Waals surface area contributed by atoms with E-state index in [0.29, 0.717) is 11.3 Å². The Morgan fingerprint density at radius 2 is 1.89 bits per heavy atom. The molecule has 55 valence electrons. The van der Waals surface area contributed by atoms with Gasteiger partial charge in [0.25, 0.3) is 0 Å². The molecule has 0 aliphatic carbocycles. The number of nitrogens with two attached hydrogens (primary N) is 1. The second-order valence-electron chi connectivity index (χ2n) is 3.64. The Kier molecular flexibility index (Phi) is 3.20. The van der Waals surface area contributed by atoms with Gasteiger partial charge in [-0.2, -0.15) is 0 Å². The van der Waals surface area contributed by atoms with E-state index < -0.39 is 0 Å². The van der Waals surface area contributed by atoms with E-state index in [1.165, 1.54) is 0 Å². The SMILES string of the molecule is [CH2]C(CCN)C(C)(C)C. The highest BCUT2D eigenvalue weighted by molar-refractivity contribution is 4.75. The third kappa shape index (κ3) is 3.52. The van der Waals surface area contributed by atoms with Crippen molar-refractivity contribution in [2.45, 2.75) is 27.2 Å². The van der Waals surface area contributed by atoms with Crippen molar-refractivity contribution < 1.29 is 0 Å². The average molecular weight is 128 g/mol.